The van der Waals surface area contributed by atoms with E-state index >= 15 is 0 Å². The summed E-state index contributed by atoms with van der Waals surface area (Å²) in [6.45, 7) is 4.80. The molecule has 0 atom stereocenters. The van der Waals surface area contributed by atoms with Gasteiger partial charge in [0.15, 0.2) is 5.13 Å². The van der Waals surface area contributed by atoms with E-state index in [4.69, 9.17) is 10.00 Å². The lowest BCUT2D eigenvalue weighted by Crippen LogP contribution is -2.27. The van der Waals surface area contributed by atoms with E-state index in [0.717, 1.165) is 0 Å². The number of carbonyl (C=O) groups excluding carboxylic acids is 2. The van der Waals surface area contributed by atoms with Gasteiger partial charge in [-0.1, -0.05) is 0 Å². The fourth-order valence-corrected chi connectivity index (χ4v) is 2.66. The van der Waals surface area contributed by atoms with E-state index in [0.29, 0.717) is 36.9 Å². The number of hydrogen-bond donors (Lipinski definition) is 1. The number of thiazole rings is 1. The molecule has 0 bridgehead atoms. The number of aromatic nitrogens is 1. The second kappa shape index (κ2) is 9.71. The number of hydrogen-bond acceptors (Lipinski definition) is 6. The smallest absolute Gasteiger partial charge is 0.262 e. The number of anilines is 1. The van der Waals surface area contributed by atoms with Gasteiger partial charge in [0.2, 0.25) is 5.91 Å². The van der Waals surface area contributed by atoms with Crippen molar-refractivity contribution in [1.29, 1.82) is 5.26 Å². The normalized spacial score (nSPS) is 11.0. The summed E-state index contributed by atoms with van der Waals surface area (Å²) in [6.07, 6.45) is 2.09. The molecular formula is C15H20N4O3S. The molecule has 0 saturated carbocycles. The van der Waals surface area contributed by atoms with Gasteiger partial charge in [-0.15, -0.1) is 11.3 Å². The maximum atomic E-state index is 11.9. The molecule has 0 aromatic carbocycles. The predicted octanol–water partition coefficient (Wildman–Crippen LogP) is 1.58. The van der Waals surface area contributed by atoms with Crippen molar-refractivity contribution in [1.82, 2.24) is 10.3 Å². The highest BCUT2D eigenvalue weighted by Gasteiger charge is 2.14. The van der Waals surface area contributed by atoms with E-state index in [9.17, 15) is 9.59 Å². The first-order valence-electron chi connectivity index (χ1n) is 7.16. The summed E-state index contributed by atoms with van der Waals surface area (Å²) in [4.78, 5) is 29.2. The minimum absolute atomic E-state index is 0.0230. The largest absolute Gasteiger partial charge is 0.385 e. The van der Waals surface area contributed by atoms with Crippen LogP contribution >= 0.6 is 11.3 Å². The highest BCUT2D eigenvalue weighted by Crippen LogP contribution is 2.22. The number of rotatable bonds is 8. The van der Waals surface area contributed by atoms with Crippen molar-refractivity contribution in [2.75, 3.05) is 31.7 Å². The third kappa shape index (κ3) is 5.81. The Hall–Kier alpha value is -2.24. The zero-order chi connectivity index (χ0) is 17.2. The lowest BCUT2D eigenvalue weighted by Gasteiger charge is -2.14. The van der Waals surface area contributed by atoms with Crippen molar-refractivity contribution < 1.29 is 14.3 Å². The first-order valence-corrected chi connectivity index (χ1v) is 8.04. The van der Waals surface area contributed by atoms with Crippen molar-refractivity contribution in [3.05, 3.63) is 16.6 Å². The minimum Gasteiger partial charge on any atom is -0.385 e. The van der Waals surface area contributed by atoms with Crippen molar-refractivity contribution in [2.45, 2.75) is 20.3 Å². The zero-order valence-electron chi connectivity index (χ0n) is 13.5. The van der Waals surface area contributed by atoms with Gasteiger partial charge in [0, 0.05) is 39.1 Å². The van der Waals surface area contributed by atoms with E-state index < -0.39 is 5.91 Å². The fourth-order valence-electron chi connectivity index (χ4n) is 1.77. The van der Waals surface area contributed by atoms with Crippen LogP contribution in [-0.4, -0.2) is 43.6 Å². The van der Waals surface area contributed by atoms with Gasteiger partial charge in [-0.05, 0) is 19.4 Å². The van der Waals surface area contributed by atoms with Crippen LogP contribution in [0.5, 0.6) is 0 Å². The highest BCUT2D eigenvalue weighted by molar-refractivity contribution is 7.14. The molecule has 0 aliphatic heterocycles. The van der Waals surface area contributed by atoms with Crippen molar-refractivity contribution in [2.24, 2.45) is 0 Å². The van der Waals surface area contributed by atoms with Gasteiger partial charge >= 0.3 is 0 Å². The monoisotopic (exact) mass is 336 g/mol. The maximum Gasteiger partial charge on any atom is 0.262 e. The third-order valence-corrected chi connectivity index (χ3v) is 3.79. The summed E-state index contributed by atoms with van der Waals surface area (Å²) in [6, 6.07) is 1.87. The second-order valence-corrected chi connectivity index (χ2v) is 5.43. The number of nitrogens with one attached hydrogen (secondary N) is 1. The number of amides is 2. The van der Waals surface area contributed by atoms with Crippen LogP contribution in [0.1, 0.15) is 26.0 Å². The molecule has 2 amide bonds. The van der Waals surface area contributed by atoms with Gasteiger partial charge in [0.25, 0.3) is 5.91 Å². The number of carbonyl (C=O) groups is 2. The summed E-state index contributed by atoms with van der Waals surface area (Å²) in [7, 11) is 1.59. The molecule has 1 rings (SSSR count). The van der Waals surface area contributed by atoms with Crippen LogP contribution in [0.4, 0.5) is 5.13 Å². The van der Waals surface area contributed by atoms with Crippen LogP contribution < -0.4 is 10.2 Å². The van der Waals surface area contributed by atoms with Crippen molar-refractivity contribution in [3.63, 3.8) is 0 Å². The molecule has 0 spiro atoms. The Morgan fingerprint density at radius 3 is 2.87 bits per heavy atom. The number of nitrogens with zero attached hydrogens (tertiary/aromatic N) is 3. The molecule has 0 saturated heterocycles. The highest BCUT2D eigenvalue weighted by atomic mass is 32.1. The van der Waals surface area contributed by atoms with Gasteiger partial charge < -0.3 is 10.1 Å². The van der Waals surface area contributed by atoms with E-state index in [1.165, 1.54) is 29.2 Å². The standard InChI is InChI=1S/C15H20N4O3S/c1-4-19(11(2)20)15-18-13(10-23-15)8-12(9-16)14(21)17-6-5-7-22-3/h8,10H,4-7H2,1-3H3,(H,17,21)/b12-8+. The van der Waals surface area contributed by atoms with Crippen molar-refractivity contribution in [3.8, 4) is 6.07 Å². The maximum absolute atomic E-state index is 11.9. The van der Waals surface area contributed by atoms with Crippen molar-refractivity contribution >= 4 is 34.4 Å². The number of ether oxygens (including phenoxy) is 1. The van der Waals surface area contributed by atoms with E-state index in [1.54, 1.807) is 12.5 Å². The zero-order valence-corrected chi connectivity index (χ0v) is 14.3. The van der Waals surface area contributed by atoms with Crippen LogP contribution in [0, 0.1) is 11.3 Å². The molecule has 0 aliphatic carbocycles. The third-order valence-electron chi connectivity index (χ3n) is 2.91. The van der Waals surface area contributed by atoms with Gasteiger partial charge in [-0.25, -0.2) is 4.98 Å². The lowest BCUT2D eigenvalue weighted by molar-refractivity contribution is -0.117. The Balaban J connectivity index is 2.79. The summed E-state index contributed by atoms with van der Waals surface area (Å²) < 4.78 is 4.89. The Morgan fingerprint density at radius 1 is 1.57 bits per heavy atom. The Kier molecular flexibility index (Phi) is 7.94. The lowest BCUT2D eigenvalue weighted by atomic mass is 10.2. The Bertz CT molecular complexity index is 618. The average Bonchev–Trinajstić information content (AvgIpc) is 2.97. The van der Waals surface area contributed by atoms with Gasteiger partial charge in [-0.3, -0.25) is 14.5 Å². The summed E-state index contributed by atoms with van der Waals surface area (Å²) in [5, 5.41) is 14.0. The summed E-state index contributed by atoms with van der Waals surface area (Å²) >= 11 is 1.29. The summed E-state index contributed by atoms with van der Waals surface area (Å²) in [5.41, 5.74) is 0.457. The SMILES string of the molecule is CCN(C(C)=O)c1nc(/C=C(\C#N)C(=O)NCCCOC)cs1. The first kappa shape index (κ1) is 18.8. The molecule has 0 radical (unpaired) electrons. The van der Waals surface area contributed by atoms with Crippen LogP contribution in [-0.2, 0) is 14.3 Å². The van der Waals surface area contributed by atoms with Gasteiger partial charge in [-0.2, -0.15) is 5.26 Å². The van der Waals surface area contributed by atoms with Crippen LogP contribution in [0.3, 0.4) is 0 Å². The van der Waals surface area contributed by atoms with Gasteiger partial charge in [0.1, 0.15) is 11.6 Å². The molecule has 0 fully saturated rings. The summed E-state index contributed by atoms with van der Waals surface area (Å²) in [5.74, 6) is -0.550. The molecule has 1 heterocycles. The van der Waals surface area contributed by atoms with E-state index in [2.05, 4.69) is 10.3 Å². The van der Waals surface area contributed by atoms with Crippen LogP contribution in [0.25, 0.3) is 6.08 Å². The second-order valence-electron chi connectivity index (χ2n) is 4.59. The number of methoxy groups -OCH3 is 1. The molecular weight excluding hydrogens is 316 g/mol. The first-order chi connectivity index (χ1) is 11.0. The van der Waals surface area contributed by atoms with Gasteiger partial charge in [0.05, 0.1) is 5.69 Å². The molecule has 23 heavy (non-hydrogen) atoms. The van der Waals surface area contributed by atoms with Crippen LogP contribution in [0.2, 0.25) is 0 Å². The quantitative estimate of drug-likeness (QED) is 0.442. The minimum atomic E-state index is -0.447. The Labute approximate surface area is 139 Å². The van der Waals surface area contributed by atoms with E-state index in [1.807, 2.05) is 13.0 Å². The van der Waals surface area contributed by atoms with Crippen LogP contribution in [0.15, 0.2) is 11.0 Å². The molecule has 124 valence electrons. The molecule has 1 N–H and O–H groups in total. The number of nitriles is 1. The Morgan fingerprint density at radius 2 is 2.30 bits per heavy atom. The molecule has 8 heteroatoms. The topological polar surface area (TPSA) is 95.3 Å². The fraction of sp³-hybridized carbons (Fsp3) is 0.467. The molecule has 0 unspecified atom stereocenters. The molecule has 1 aromatic rings. The molecule has 0 aliphatic rings. The molecule has 7 nitrogen and oxygen atoms in total. The average molecular weight is 336 g/mol. The predicted molar refractivity (Wildman–Crippen MR) is 88.9 cm³/mol. The molecule has 1 aromatic heterocycles. The van der Waals surface area contributed by atoms with E-state index in [-0.39, 0.29) is 11.5 Å².